The molecule has 2 amide bonds. The highest BCUT2D eigenvalue weighted by Gasteiger charge is 2.24. The molecule has 1 N–H and O–H groups in total. The van der Waals surface area contributed by atoms with E-state index in [1.165, 1.54) is 7.11 Å². The number of ether oxygens (including phenoxy) is 4. The summed E-state index contributed by atoms with van der Waals surface area (Å²) >= 11 is 0.867. The molecule has 1 aliphatic heterocycles. The molecule has 3 aromatic carbocycles. The fraction of sp³-hybridized carbons (Fsp3) is 0.107. The molecule has 0 aromatic heterocycles. The molecule has 4 rings (SSSR count). The lowest BCUT2D eigenvalue weighted by Crippen LogP contribution is -2.17. The van der Waals surface area contributed by atoms with Crippen LogP contribution in [-0.2, 0) is 14.3 Å². The quantitative estimate of drug-likeness (QED) is 0.236. The zero-order valence-corrected chi connectivity index (χ0v) is 21.1. The Hall–Kier alpha value is -4.50. The van der Waals surface area contributed by atoms with Crippen LogP contribution in [0.3, 0.4) is 0 Å². The third-order valence-electron chi connectivity index (χ3n) is 5.31. The molecule has 1 fully saturated rings. The molecule has 1 aliphatic rings. The lowest BCUT2D eigenvalue weighted by Gasteiger charge is -2.10. The van der Waals surface area contributed by atoms with E-state index >= 15 is 0 Å². The van der Waals surface area contributed by atoms with Crippen molar-refractivity contribution in [3.8, 4) is 23.0 Å². The van der Waals surface area contributed by atoms with Crippen LogP contribution >= 0.6 is 11.8 Å². The van der Waals surface area contributed by atoms with Crippen LogP contribution in [0, 0.1) is 0 Å². The second-order valence-corrected chi connectivity index (χ2v) is 8.76. The molecule has 3 aromatic rings. The van der Waals surface area contributed by atoms with Crippen LogP contribution < -0.4 is 19.5 Å². The van der Waals surface area contributed by atoms with E-state index in [-0.39, 0.29) is 5.24 Å². The molecule has 0 aliphatic carbocycles. The third-order valence-corrected chi connectivity index (χ3v) is 6.12. The number of methoxy groups -OCH3 is 3. The Morgan fingerprint density at radius 1 is 0.784 bits per heavy atom. The number of nitrogens with one attached hydrogen (secondary N) is 1. The maximum atomic E-state index is 12.6. The summed E-state index contributed by atoms with van der Waals surface area (Å²) in [6.07, 6.45) is 3.35. The van der Waals surface area contributed by atoms with Crippen LogP contribution in [0.25, 0.3) is 17.7 Å². The lowest BCUT2D eigenvalue weighted by molar-refractivity contribution is -0.133. The van der Waals surface area contributed by atoms with Gasteiger partial charge in [0, 0.05) is 6.07 Å². The van der Waals surface area contributed by atoms with E-state index in [1.807, 2.05) is 0 Å². The van der Waals surface area contributed by atoms with Crippen molar-refractivity contribution in [2.45, 2.75) is 0 Å². The molecule has 0 unspecified atom stereocenters. The number of imide groups is 1. The lowest BCUT2D eigenvalue weighted by atomic mass is 10.0. The summed E-state index contributed by atoms with van der Waals surface area (Å²) < 4.78 is 21.5. The molecule has 0 saturated carbocycles. The van der Waals surface area contributed by atoms with Gasteiger partial charge in [0.25, 0.3) is 11.1 Å². The van der Waals surface area contributed by atoms with Crippen molar-refractivity contribution in [2.75, 3.05) is 21.3 Å². The minimum absolute atomic E-state index is 0.344. The molecule has 1 heterocycles. The van der Waals surface area contributed by atoms with Gasteiger partial charge in [0.15, 0.2) is 0 Å². The van der Waals surface area contributed by atoms with Crippen molar-refractivity contribution < 1.29 is 33.3 Å². The molecule has 0 atom stereocenters. The SMILES string of the molecule is COC(=O)/C(=C/c1cc(OC)cc(OC)c1)c1ccc(Oc2ccc(/C=C3\SC(=O)NC3=O)cc2)cc1. The van der Waals surface area contributed by atoms with Crippen LogP contribution in [0.15, 0.2) is 71.6 Å². The first-order valence-electron chi connectivity index (χ1n) is 11.0. The number of hydrogen-bond acceptors (Lipinski definition) is 8. The van der Waals surface area contributed by atoms with Gasteiger partial charge in [-0.3, -0.25) is 14.9 Å². The molecular weight excluding hydrogens is 494 g/mol. The Morgan fingerprint density at radius 2 is 1.38 bits per heavy atom. The van der Waals surface area contributed by atoms with Gasteiger partial charge < -0.3 is 18.9 Å². The van der Waals surface area contributed by atoms with Crippen molar-refractivity contribution in [1.82, 2.24) is 5.32 Å². The Kier molecular flexibility index (Phi) is 7.95. The van der Waals surface area contributed by atoms with Gasteiger partial charge in [-0.2, -0.15) is 0 Å². The van der Waals surface area contributed by atoms with Gasteiger partial charge in [-0.15, -0.1) is 0 Å². The van der Waals surface area contributed by atoms with Crippen molar-refractivity contribution in [3.05, 3.63) is 88.3 Å². The van der Waals surface area contributed by atoms with E-state index in [1.54, 1.807) is 93.1 Å². The fourth-order valence-corrected chi connectivity index (χ4v) is 4.17. The van der Waals surface area contributed by atoms with Crippen LogP contribution in [0.5, 0.6) is 23.0 Å². The second kappa shape index (κ2) is 11.5. The Bertz CT molecular complexity index is 1370. The number of hydrogen-bond donors (Lipinski definition) is 1. The molecule has 188 valence electrons. The van der Waals surface area contributed by atoms with Crippen LogP contribution in [0.2, 0.25) is 0 Å². The molecule has 8 nitrogen and oxygen atoms in total. The Balaban J connectivity index is 1.52. The van der Waals surface area contributed by atoms with Crippen LogP contribution in [0.4, 0.5) is 4.79 Å². The molecule has 0 radical (unpaired) electrons. The van der Waals surface area contributed by atoms with Gasteiger partial charge in [-0.1, -0.05) is 24.3 Å². The van der Waals surface area contributed by atoms with E-state index in [0.29, 0.717) is 44.6 Å². The summed E-state index contributed by atoms with van der Waals surface area (Å²) in [6, 6.07) is 19.4. The minimum Gasteiger partial charge on any atom is -0.497 e. The highest BCUT2D eigenvalue weighted by atomic mass is 32.2. The average Bonchev–Trinajstić information content (AvgIpc) is 3.24. The summed E-state index contributed by atoms with van der Waals surface area (Å²) in [5, 5.41) is 1.84. The standard InChI is InChI=1S/C28H23NO7S/c1-33-22-12-18(13-23(16-22)34-2)14-24(27(31)35-3)19-6-10-21(11-7-19)36-20-8-4-17(5-9-20)15-25-26(30)29-28(32)37-25/h4-16H,1-3H3,(H,29,30,32)/b24-14+,25-15-. The Labute approximate surface area is 217 Å². The van der Waals surface area contributed by atoms with E-state index in [0.717, 1.165) is 17.3 Å². The predicted molar refractivity (Wildman–Crippen MR) is 141 cm³/mol. The first-order valence-corrected chi connectivity index (χ1v) is 11.9. The number of amides is 2. The fourth-order valence-electron chi connectivity index (χ4n) is 3.49. The van der Waals surface area contributed by atoms with Crippen molar-refractivity contribution >= 4 is 46.6 Å². The maximum Gasteiger partial charge on any atom is 0.338 e. The normalized spacial score (nSPS) is 14.4. The predicted octanol–water partition coefficient (Wildman–Crippen LogP) is 5.53. The molecule has 1 saturated heterocycles. The molecular formula is C28H23NO7S. The van der Waals surface area contributed by atoms with Gasteiger partial charge in [-0.05, 0) is 77.0 Å². The van der Waals surface area contributed by atoms with Crippen LogP contribution in [0.1, 0.15) is 16.7 Å². The number of esters is 1. The number of thioether (sulfide) groups is 1. The first-order chi connectivity index (χ1) is 17.9. The van der Waals surface area contributed by atoms with Crippen LogP contribution in [-0.4, -0.2) is 38.4 Å². The summed E-state index contributed by atoms with van der Waals surface area (Å²) in [4.78, 5) is 35.9. The van der Waals surface area contributed by atoms with Gasteiger partial charge in [0.2, 0.25) is 0 Å². The van der Waals surface area contributed by atoms with E-state index in [9.17, 15) is 14.4 Å². The van der Waals surface area contributed by atoms with E-state index < -0.39 is 11.9 Å². The first kappa shape index (κ1) is 25.6. The summed E-state index contributed by atoms with van der Waals surface area (Å²) in [7, 11) is 4.44. The zero-order valence-electron chi connectivity index (χ0n) is 20.3. The monoisotopic (exact) mass is 517 g/mol. The minimum atomic E-state index is -0.490. The largest absolute Gasteiger partial charge is 0.497 e. The molecule has 0 bridgehead atoms. The molecule has 0 spiro atoms. The maximum absolute atomic E-state index is 12.6. The summed E-state index contributed by atoms with van der Waals surface area (Å²) in [5.74, 6) is 1.46. The highest BCUT2D eigenvalue weighted by molar-refractivity contribution is 8.18. The van der Waals surface area contributed by atoms with E-state index in [2.05, 4.69) is 5.32 Å². The van der Waals surface area contributed by atoms with Crippen molar-refractivity contribution in [3.63, 3.8) is 0 Å². The van der Waals surface area contributed by atoms with Gasteiger partial charge in [-0.25, -0.2) is 4.79 Å². The number of benzene rings is 3. The van der Waals surface area contributed by atoms with Gasteiger partial charge >= 0.3 is 5.97 Å². The topological polar surface area (TPSA) is 100 Å². The third kappa shape index (κ3) is 6.39. The van der Waals surface area contributed by atoms with Crippen molar-refractivity contribution in [2.24, 2.45) is 0 Å². The highest BCUT2D eigenvalue weighted by Crippen LogP contribution is 2.30. The smallest absolute Gasteiger partial charge is 0.338 e. The van der Waals surface area contributed by atoms with Gasteiger partial charge in [0.1, 0.15) is 23.0 Å². The second-order valence-electron chi connectivity index (χ2n) is 7.74. The van der Waals surface area contributed by atoms with Gasteiger partial charge in [0.05, 0.1) is 31.8 Å². The molecule has 37 heavy (non-hydrogen) atoms. The number of rotatable bonds is 8. The summed E-state index contributed by atoms with van der Waals surface area (Å²) in [5.41, 5.74) is 2.47. The number of carbonyl (C=O) groups is 3. The van der Waals surface area contributed by atoms with E-state index in [4.69, 9.17) is 18.9 Å². The average molecular weight is 518 g/mol. The van der Waals surface area contributed by atoms with Crippen molar-refractivity contribution in [1.29, 1.82) is 0 Å². The zero-order chi connectivity index (χ0) is 26.4. The Morgan fingerprint density at radius 3 is 1.89 bits per heavy atom. The molecule has 9 heteroatoms. The summed E-state index contributed by atoms with van der Waals surface area (Å²) in [6.45, 7) is 0. The number of carbonyl (C=O) groups excluding carboxylic acids is 3.